The Bertz CT molecular complexity index is 1940. The van der Waals surface area contributed by atoms with E-state index in [0.717, 1.165) is 31.3 Å². The number of aromatic nitrogens is 1. The minimum Gasteiger partial charge on any atom is -0.493 e. The zero-order valence-corrected chi connectivity index (χ0v) is 28.2. The lowest BCUT2D eigenvalue weighted by Gasteiger charge is -2.31. The molecule has 0 bridgehead atoms. The van der Waals surface area contributed by atoms with Crippen molar-refractivity contribution in [1.82, 2.24) is 9.88 Å². The van der Waals surface area contributed by atoms with Crippen LogP contribution in [0.3, 0.4) is 0 Å². The van der Waals surface area contributed by atoms with Gasteiger partial charge in [-0.25, -0.2) is 12.8 Å². The van der Waals surface area contributed by atoms with Crippen LogP contribution in [0.2, 0.25) is 0 Å². The molecule has 13 heteroatoms. The third-order valence-corrected chi connectivity index (χ3v) is 9.91. The predicted octanol–water partition coefficient (Wildman–Crippen LogP) is 5.67. The van der Waals surface area contributed by atoms with Gasteiger partial charge in [0.15, 0.2) is 11.5 Å². The molecule has 1 aliphatic heterocycles. The molecule has 1 aromatic heterocycles. The number of nitrogens with zero attached hydrogens (tertiary/aromatic N) is 2. The van der Waals surface area contributed by atoms with Gasteiger partial charge in [-0.1, -0.05) is 6.07 Å². The minimum atomic E-state index is -2.98. The summed E-state index contributed by atoms with van der Waals surface area (Å²) in [5.41, 5.74) is 0.273. The third kappa shape index (κ3) is 8.46. The van der Waals surface area contributed by atoms with Crippen molar-refractivity contribution in [2.75, 3.05) is 56.0 Å². The van der Waals surface area contributed by atoms with E-state index in [-0.39, 0.29) is 5.75 Å². The molecule has 2 fully saturated rings. The van der Waals surface area contributed by atoms with Crippen LogP contribution >= 0.6 is 0 Å². The highest BCUT2D eigenvalue weighted by atomic mass is 32.2. The smallest absolute Gasteiger partial charge is 0.240 e. The van der Waals surface area contributed by atoms with Crippen molar-refractivity contribution in [3.8, 4) is 23.0 Å². The molecule has 0 atom stereocenters. The highest BCUT2D eigenvalue weighted by molar-refractivity contribution is 7.90. The number of fused-ring (bicyclic) bond motifs is 1. The summed E-state index contributed by atoms with van der Waals surface area (Å²) >= 11 is 0. The Morgan fingerprint density at radius 3 is 2.31 bits per heavy atom. The zero-order valence-electron chi connectivity index (χ0n) is 27.4. The van der Waals surface area contributed by atoms with Crippen LogP contribution in [0.5, 0.6) is 23.0 Å². The molecule has 258 valence electrons. The minimum absolute atomic E-state index is 0.175. The standard InChI is InChI=1S/C36H39FN4O7S/c1-46-32-21-29-30(22-33(32)47-23-24-11-16-41(17-12-24)18-19-49(2,44)45)38-15-10-31(29)48-28-8-6-26(7-9-28)39-34(42)36(13-14-36)35(43)40-27-5-3-4-25(37)20-27/h3-10,15,20-22,24H,11-14,16-19,23H2,1-2H3,(H,39,42)(H,40,43). The van der Waals surface area contributed by atoms with Gasteiger partial charge >= 0.3 is 0 Å². The van der Waals surface area contributed by atoms with Crippen molar-refractivity contribution in [2.24, 2.45) is 11.3 Å². The molecule has 2 amide bonds. The van der Waals surface area contributed by atoms with E-state index in [2.05, 4.69) is 20.5 Å². The molecule has 11 nitrogen and oxygen atoms in total. The van der Waals surface area contributed by atoms with E-state index in [4.69, 9.17) is 14.2 Å². The molecule has 1 saturated heterocycles. The Labute approximate surface area is 284 Å². The number of piperidine rings is 1. The number of hydrogen-bond donors (Lipinski definition) is 2. The third-order valence-electron chi connectivity index (χ3n) is 8.99. The van der Waals surface area contributed by atoms with E-state index in [1.54, 1.807) is 49.7 Å². The Kier molecular flexibility index (Phi) is 10.0. The number of halogens is 1. The van der Waals surface area contributed by atoms with Gasteiger partial charge < -0.3 is 29.7 Å². The number of anilines is 2. The Morgan fingerprint density at radius 2 is 1.65 bits per heavy atom. The monoisotopic (exact) mass is 690 g/mol. The number of rotatable bonds is 13. The molecular weight excluding hydrogens is 651 g/mol. The molecule has 1 saturated carbocycles. The van der Waals surface area contributed by atoms with E-state index < -0.39 is 32.9 Å². The average Bonchev–Trinajstić information content (AvgIpc) is 3.90. The molecule has 3 aromatic carbocycles. The van der Waals surface area contributed by atoms with Crippen LogP contribution in [0.15, 0.2) is 72.9 Å². The van der Waals surface area contributed by atoms with E-state index >= 15 is 0 Å². The maximum Gasteiger partial charge on any atom is 0.240 e. The molecule has 0 radical (unpaired) electrons. The average molecular weight is 691 g/mol. The molecule has 2 aliphatic rings. The highest BCUT2D eigenvalue weighted by Crippen LogP contribution is 2.47. The van der Waals surface area contributed by atoms with Gasteiger partial charge in [-0.15, -0.1) is 0 Å². The summed E-state index contributed by atoms with van der Waals surface area (Å²) in [4.78, 5) is 32.7. The van der Waals surface area contributed by atoms with Crippen LogP contribution < -0.4 is 24.8 Å². The fourth-order valence-electron chi connectivity index (χ4n) is 5.85. The second-order valence-corrected chi connectivity index (χ2v) is 14.9. The molecule has 1 aliphatic carbocycles. The van der Waals surface area contributed by atoms with Crippen LogP contribution in [0.4, 0.5) is 15.8 Å². The number of methoxy groups -OCH3 is 1. The zero-order chi connectivity index (χ0) is 34.6. The van der Waals surface area contributed by atoms with E-state index in [1.807, 2.05) is 12.1 Å². The van der Waals surface area contributed by atoms with Crippen LogP contribution in [0.1, 0.15) is 25.7 Å². The van der Waals surface area contributed by atoms with Gasteiger partial charge in [0.05, 0.1) is 25.0 Å². The molecular formula is C36H39FN4O7S. The quantitative estimate of drug-likeness (QED) is 0.170. The summed E-state index contributed by atoms with van der Waals surface area (Å²) in [7, 11) is -1.40. The largest absolute Gasteiger partial charge is 0.493 e. The van der Waals surface area contributed by atoms with E-state index in [0.29, 0.717) is 71.8 Å². The number of carbonyl (C=O) groups is 2. The Balaban J connectivity index is 1.06. The number of nitrogens with one attached hydrogen (secondary N) is 2. The van der Waals surface area contributed by atoms with E-state index in [1.165, 1.54) is 24.5 Å². The van der Waals surface area contributed by atoms with Crippen molar-refractivity contribution >= 4 is 43.9 Å². The van der Waals surface area contributed by atoms with Gasteiger partial charge in [0.1, 0.15) is 32.6 Å². The molecule has 4 aromatic rings. The van der Waals surface area contributed by atoms with Crippen molar-refractivity contribution in [2.45, 2.75) is 25.7 Å². The van der Waals surface area contributed by atoms with Crippen molar-refractivity contribution in [3.63, 3.8) is 0 Å². The molecule has 2 heterocycles. The van der Waals surface area contributed by atoms with Gasteiger partial charge in [-0.05, 0) is 99.3 Å². The number of carbonyl (C=O) groups excluding carboxylic acids is 2. The van der Waals surface area contributed by atoms with Crippen molar-refractivity contribution in [3.05, 3.63) is 78.7 Å². The van der Waals surface area contributed by atoms with Crippen LogP contribution in [0.25, 0.3) is 10.9 Å². The number of benzene rings is 3. The first-order valence-electron chi connectivity index (χ1n) is 16.2. The fraction of sp³-hybridized carbons (Fsp3) is 0.361. The summed E-state index contributed by atoms with van der Waals surface area (Å²) in [5, 5.41) is 6.19. The predicted molar refractivity (Wildman–Crippen MR) is 185 cm³/mol. The first-order valence-corrected chi connectivity index (χ1v) is 18.2. The normalized spacial score (nSPS) is 16.1. The number of ether oxygens (including phenoxy) is 3. The van der Waals surface area contributed by atoms with Gasteiger partial charge in [0.2, 0.25) is 11.8 Å². The number of sulfone groups is 1. The summed E-state index contributed by atoms with van der Waals surface area (Å²) in [6.07, 6.45) is 5.57. The van der Waals surface area contributed by atoms with Gasteiger partial charge in [-0.3, -0.25) is 14.6 Å². The maximum absolute atomic E-state index is 13.5. The molecule has 6 rings (SSSR count). The summed E-state index contributed by atoms with van der Waals surface area (Å²) < 4.78 is 54.6. The van der Waals surface area contributed by atoms with Gasteiger partial charge in [0.25, 0.3) is 0 Å². The summed E-state index contributed by atoms with van der Waals surface area (Å²) in [5.74, 6) is 1.37. The van der Waals surface area contributed by atoms with Crippen molar-refractivity contribution < 1.29 is 36.6 Å². The Hall–Kier alpha value is -4.75. The fourth-order valence-corrected chi connectivity index (χ4v) is 6.44. The maximum atomic E-state index is 13.5. The lowest BCUT2D eigenvalue weighted by Crippen LogP contribution is -2.38. The first-order chi connectivity index (χ1) is 23.5. The number of pyridine rings is 1. The van der Waals surface area contributed by atoms with E-state index in [9.17, 15) is 22.4 Å². The van der Waals surface area contributed by atoms with Crippen LogP contribution in [0, 0.1) is 17.2 Å². The molecule has 0 unspecified atom stereocenters. The van der Waals surface area contributed by atoms with Crippen LogP contribution in [-0.2, 0) is 19.4 Å². The molecule has 2 N–H and O–H groups in total. The lowest BCUT2D eigenvalue weighted by atomic mass is 9.98. The molecule has 0 spiro atoms. The lowest BCUT2D eigenvalue weighted by molar-refractivity contribution is -0.131. The number of amides is 2. The molecule has 49 heavy (non-hydrogen) atoms. The van der Waals surface area contributed by atoms with Crippen molar-refractivity contribution in [1.29, 1.82) is 0 Å². The highest BCUT2D eigenvalue weighted by Gasteiger charge is 2.56. The van der Waals surface area contributed by atoms with Crippen LogP contribution in [-0.4, -0.2) is 75.5 Å². The second-order valence-electron chi connectivity index (χ2n) is 12.7. The van der Waals surface area contributed by atoms with Gasteiger partial charge in [0, 0.05) is 41.8 Å². The van der Waals surface area contributed by atoms with Gasteiger partial charge in [-0.2, -0.15) is 0 Å². The topological polar surface area (TPSA) is 136 Å². The number of likely N-dealkylation sites (tertiary alicyclic amines) is 1. The first kappa shape index (κ1) is 34.1. The SMILES string of the molecule is COc1cc2c(Oc3ccc(NC(=O)C4(C(=O)Nc5cccc(F)c5)CC4)cc3)ccnc2cc1OCC1CCN(CCS(C)(=O)=O)CC1. The second kappa shape index (κ2) is 14.4. The summed E-state index contributed by atoms with van der Waals surface area (Å²) in [6.45, 7) is 2.75. The number of hydrogen-bond acceptors (Lipinski definition) is 9. The Morgan fingerprint density at radius 1 is 0.939 bits per heavy atom. The summed E-state index contributed by atoms with van der Waals surface area (Å²) in [6, 6.07) is 17.8.